The van der Waals surface area contributed by atoms with Gasteiger partial charge in [0.15, 0.2) is 0 Å². The Morgan fingerprint density at radius 3 is 2.34 bits per heavy atom. The van der Waals surface area contributed by atoms with Crippen molar-refractivity contribution in [1.82, 2.24) is 4.90 Å². The lowest BCUT2D eigenvalue weighted by Gasteiger charge is -2.30. The number of aliphatic carboxylic acids is 1. The molecule has 0 fully saturated rings. The average molecular weight is 571 g/mol. The lowest BCUT2D eigenvalue weighted by Crippen LogP contribution is -2.41. The Balaban J connectivity index is 6.31. The molecule has 0 rings (SSSR count). The van der Waals surface area contributed by atoms with Crippen LogP contribution in [0.4, 0.5) is 4.79 Å². The maximum absolute atomic E-state index is 13.2. The van der Waals surface area contributed by atoms with Gasteiger partial charge in [0, 0.05) is 31.4 Å². The van der Waals surface area contributed by atoms with Crippen LogP contribution >= 0.6 is 0 Å². The van der Waals surface area contributed by atoms with E-state index in [-0.39, 0.29) is 31.7 Å². The number of carboxylic acid groups (broad SMARTS) is 1. The summed E-state index contributed by atoms with van der Waals surface area (Å²) in [6.07, 6.45) is 8.63. The van der Waals surface area contributed by atoms with Crippen molar-refractivity contribution in [3.63, 3.8) is 0 Å². The number of nitriles is 1. The minimum absolute atomic E-state index is 0.0297. The monoisotopic (exact) mass is 570 g/mol. The van der Waals surface area contributed by atoms with Crippen molar-refractivity contribution < 1.29 is 29.0 Å². The zero-order chi connectivity index (χ0) is 31.6. The number of carboxylic acids is 1. The molecule has 2 amide bonds. The molecular weight excluding hydrogens is 524 g/mol. The van der Waals surface area contributed by atoms with Gasteiger partial charge in [-0.15, -0.1) is 0 Å². The third-order valence-corrected chi connectivity index (χ3v) is 5.43. The van der Waals surface area contributed by atoms with Crippen LogP contribution in [-0.2, 0) is 19.1 Å². The fourth-order valence-electron chi connectivity index (χ4n) is 3.38. The molecule has 0 spiro atoms. The normalized spacial score (nSPS) is 14.0. The van der Waals surface area contributed by atoms with Gasteiger partial charge < -0.3 is 25.2 Å². The Kier molecular flexibility index (Phi) is 17.3. The summed E-state index contributed by atoms with van der Waals surface area (Å²) < 4.78 is 11.7. The van der Waals surface area contributed by atoms with E-state index in [4.69, 9.17) is 20.3 Å². The average Bonchev–Trinajstić information content (AvgIpc) is 2.86. The van der Waals surface area contributed by atoms with Gasteiger partial charge in [-0.25, -0.2) is 4.79 Å². The lowest BCUT2D eigenvalue weighted by atomic mass is 10.0. The van der Waals surface area contributed by atoms with Crippen LogP contribution in [0.3, 0.4) is 0 Å². The van der Waals surface area contributed by atoms with Gasteiger partial charge in [-0.3, -0.25) is 14.6 Å². The third kappa shape index (κ3) is 17.4. The van der Waals surface area contributed by atoms with E-state index in [1.165, 1.54) is 11.1 Å². The molecule has 0 saturated carbocycles. The highest BCUT2D eigenvalue weighted by Gasteiger charge is 2.27. The van der Waals surface area contributed by atoms with Crippen molar-refractivity contribution in [2.24, 2.45) is 10.7 Å². The maximum Gasteiger partial charge on any atom is 0.410 e. The predicted octanol–water partition coefficient (Wildman–Crippen LogP) is 5.63. The van der Waals surface area contributed by atoms with Gasteiger partial charge in [-0.1, -0.05) is 25.2 Å². The van der Waals surface area contributed by atoms with Crippen LogP contribution in [-0.4, -0.2) is 65.6 Å². The number of aliphatic imine (C=N–C) groups is 1. The molecule has 0 aromatic carbocycles. The maximum atomic E-state index is 13.2. The number of amides is 2. The molecule has 0 aliphatic heterocycles. The van der Waals surface area contributed by atoms with Crippen molar-refractivity contribution in [2.75, 3.05) is 19.7 Å². The molecule has 0 aromatic rings. The Morgan fingerprint density at radius 1 is 1.17 bits per heavy atom. The van der Waals surface area contributed by atoms with E-state index in [1.54, 1.807) is 58.9 Å². The Bertz CT molecular complexity index is 1120. The SMILES string of the molecule is C=C(C)N=C/C(C(N)=O)=C(/CN(CCCCCC(=O)O)C(=O)OC(C)(C)C)C(C)OC/C(C)=C/C=C(C#N)\C=C/C. The predicted molar refractivity (Wildman–Crippen MR) is 161 cm³/mol. The van der Waals surface area contributed by atoms with E-state index >= 15 is 0 Å². The quantitative estimate of drug-likeness (QED) is 0.0754. The van der Waals surface area contributed by atoms with Crippen molar-refractivity contribution in [3.05, 3.63) is 58.9 Å². The minimum Gasteiger partial charge on any atom is -0.481 e. The first kappa shape index (κ1) is 37.0. The molecule has 3 N–H and O–H groups in total. The van der Waals surface area contributed by atoms with Crippen LogP contribution in [0.1, 0.15) is 74.1 Å². The number of nitrogens with two attached hydrogens (primary N) is 1. The highest BCUT2D eigenvalue weighted by Crippen LogP contribution is 2.19. The van der Waals surface area contributed by atoms with Gasteiger partial charge in [-0.2, -0.15) is 5.26 Å². The van der Waals surface area contributed by atoms with Crippen molar-refractivity contribution in [2.45, 2.75) is 85.9 Å². The van der Waals surface area contributed by atoms with Crippen LogP contribution in [0.25, 0.3) is 0 Å². The molecule has 0 radical (unpaired) electrons. The van der Waals surface area contributed by atoms with Crippen molar-refractivity contribution in [3.8, 4) is 6.07 Å². The van der Waals surface area contributed by atoms with Crippen molar-refractivity contribution >= 4 is 24.2 Å². The number of unbranched alkanes of at least 4 members (excludes halogenated alkanes) is 2. The topological polar surface area (TPSA) is 155 Å². The van der Waals surface area contributed by atoms with E-state index < -0.39 is 29.7 Å². The molecule has 10 nitrogen and oxygen atoms in total. The molecule has 0 aromatic heterocycles. The van der Waals surface area contributed by atoms with Gasteiger partial charge in [0.2, 0.25) is 5.91 Å². The van der Waals surface area contributed by atoms with Crippen LogP contribution < -0.4 is 5.73 Å². The summed E-state index contributed by atoms with van der Waals surface area (Å²) in [5, 5.41) is 18.1. The third-order valence-electron chi connectivity index (χ3n) is 5.43. The number of nitrogens with zero attached hydrogens (tertiary/aromatic N) is 3. The second-order valence-corrected chi connectivity index (χ2v) is 10.6. The summed E-state index contributed by atoms with van der Waals surface area (Å²) >= 11 is 0. The highest BCUT2D eigenvalue weighted by atomic mass is 16.6. The van der Waals surface area contributed by atoms with Crippen LogP contribution in [0, 0.1) is 11.3 Å². The largest absolute Gasteiger partial charge is 0.481 e. The van der Waals surface area contributed by atoms with Crippen LogP contribution in [0.2, 0.25) is 0 Å². The molecule has 1 unspecified atom stereocenters. The van der Waals surface area contributed by atoms with E-state index in [9.17, 15) is 19.6 Å². The summed E-state index contributed by atoms with van der Waals surface area (Å²) in [6, 6.07) is 2.10. The summed E-state index contributed by atoms with van der Waals surface area (Å²) in [4.78, 5) is 42.2. The number of carbonyl (C=O) groups excluding carboxylic acids is 2. The van der Waals surface area contributed by atoms with Crippen LogP contribution in [0.15, 0.2) is 63.9 Å². The van der Waals surface area contributed by atoms with E-state index in [2.05, 4.69) is 17.6 Å². The first-order valence-electron chi connectivity index (χ1n) is 13.5. The standard InChI is InChI=1S/C31H46N4O6/c1-9-13-25(18-32)16-15-23(4)21-40-24(5)27(26(29(33)38)19-34-22(2)3)20-35(30(39)41-31(6,7)8)17-12-10-11-14-28(36)37/h9,13,15-16,19,24H,2,10-12,14,17,20-21H2,1,3-8H3,(H2,33,38)(H,36,37)/b13-9-,23-15+,25-16+,27-26+,34-19?. The van der Waals surface area contributed by atoms with Crippen LogP contribution in [0.5, 0.6) is 0 Å². The minimum atomic E-state index is -0.876. The molecular formula is C31H46N4O6. The molecule has 0 bridgehead atoms. The number of rotatable bonds is 17. The summed E-state index contributed by atoms with van der Waals surface area (Å²) in [6.45, 7) is 16.5. The van der Waals surface area contributed by atoms with E-state index in [0.29, 0.717) is 36.1 Å². The van der Waals surface area contributed by atoms with E-state index in [0.717, 1.165) is 5.57 Å². The number of allylic oxidation sites excluding steroid dienone is 6. The molecule has 226 valence electrons. The number of ether oxygens (including phenoxy) is 2. The smallest absolute Gasteiger partial charge is 0.410 e. The molecule has 10 heteroatoms. The number of carbonyl (C=O) groups is 3. The van der Waals surface area contributed by atoms with Crippen molar-refractivity contribution in [1.29, 1.82) is 5.26 Å². The second-order valence-electron chi connectivity index (χ2n) is 10.6. The lowest BCUT2D eigenvalue weighted by molar-refractivity contribution is -0.137. The Labute approximate surface area is 244 Å². The molecule has 0 aliphatic carbocycles. The van der Waals surface area contributed by atoms with Gasteiger partial charge in [-0.05, 0) is 84.6 Å². The molecule has 1 atom stereocenters. The van der Waals surface area contributed by atoms with Gasteiger partial charge in [0.05, 0.1) is 29.9 Å². The molecule has 0 heterocycles. The molecule has 41 heavy (non-hydrogen) atoms. The summed E-state index contributed by atoms with van der Waals surface area (Å²) in [7, 11) is 0. The van der Waals surface area contributed by atoms with E-state index in [1.807, 2.05) is 13.8 Å². The molecule has 0 saturated heterocycles. The number of hydrogen-bond donors (Lipinski definition) is 2. The van der Waals surface area contributed by atoms with Gasteiger partial charge in [0.25, 0.3) is 0 Å². The fraction of sp³-hybridized carbons (Fsp3) is 0.516. The summed E-state index contributed by atoms with van der Waals surface area (Å²) in [5.74, 6) is -1.62. The summed E-state index contributed by atoms with van der Waals surface area (Å²) in [5.41, 5.74) is 7.27. The number of primary amides is 1. The first-order valence-corrected chi connectivity index (χ1v) is 13.5. The number of hydrogen-bond acceptors (Lipinski definition) is 7. The fourth-order valence-corrected chi connectivity index (χ4v) is 3.38. The zero-order valence-electron chi connectivity index (χ0n) is 25.5. The Morgan fingerprint density at radius 2 is 1.83 bits per heavy atom. The zero-order valence-corrected chi connectivity index (χ0v) is 25.5. The van der Waals surface area contributed by atoms with Gasteiger partial charge >= 0.3 is 12.1 Å². The Hall–Kier alpha value is -3.97. The highest BCUT2D eigenvalue weighted by molar-refractivity contribution is 6.12. The first-order chi connectivity index (χ1) is 19.1. The molecule has 0 aliphatic rings. The van der Waals surface area contributed by atoms with Gasteiger partial charge in [0.1, 0.15) is 5.60 Å². The second kappa shape index (κ2) is 19.2.